The van der Waals surface area contributed by atoms with E-state index in [1.165, 1.54) is 0 Å². The summed E-state index contributed by atoms with van der Waals surface area (Å²) in [5, 5.41) is 3.02. The smallest absolute Gasteiger partial charge is 0.266 e. The molecule has 114 valence electrons. The van der Waals surface area contributed by atoms with E-state index in [-0.39, 0.29) is 5.91 Å². The first-order valence-electron chi connectivity index (χ1n) is 7.10. The Kier molecular flexibility index (Phi) is 4.84. The Bertz CT molecular complexity index is 672. The summed E-state index contributed by atoms with van der Waals surface area (Å²) < 4.78 is 7.75. The summed E-state index contributed by atoms with van der Waals surface area (Å²) in [6.45, 7) is 0. The van der Waals surface area contributed by atoms with Gasteiger partial charge in [0.1, 0.15) is 5.75 Å². The number of hydrogen-bond acceptors (Lipinski definition) is 2. The van der Waals surface area contributed by atoms with Crippen LogP contribution in [-0.4, -0.2) is 11.9 Å². The third-order valence-electron chi connectivity index (χ3n) is 3.40. The van der Waals surface area contributed by atoms with Crippen molar-refractivity contribution >= 4 is 37.8 Å². The zero-order chi connectivity index (χ0) is 15.5. The van der Waals surface area contributed by atoms with Gasteiger partial charge in [0, 0.05) is 16.1 Å². The second-order valence-corrected chi connectivity index (χ2v) is 7.04. The van der Waals surface area contributed by atoms with Crippen molar-refractivity contribution in [2.75, 3.05) is 0 Å². The van der Waals surface area contributed by atoms with Gasteiger partial charge in [-0.25, -0.2) is 0 Å². The molecule has 1 fully saturated rings. The van der Waals surface area contributed by atoms with Gasteiger partial charge < -0.3 is 10.1 Å². The SMILES string of the molecule is O=C(NC1CC1)[C@H](Oc1ccc(Br)cc1Br)c1ccccc1. The lowest BCUT2D eigenvalue weighted by Gasteiger charge is -2.20. The molecular weight excluding hydrogens is 410 g/mol. The molecule has 2 aromatic carbocycles. The van der Waals surface area contributed by atoms with Gasteiger partial charge in [-0.15, -0.1) is 0 Å². The largest absolute Gasteiger partial charge is 0.475 e. The van der Waals surface area contributed by atoms with Crippen molar-refractivity contribution in [1.29, 1.82) is 0 Å². The van der Waals surface area contributed by atoms with Gasteiger partial charge in [-0.05, 0) is 47.0 Å². The van der Waals surface area contributed by atoms with Crippen LogP contribution in [0.4, 0.5) is 0 Å². The molecule has 22 heavy (non-hydrogen) atoms. The van der Waals surface area contributed by atoms with Crippen molar-refractivity contribution in [3.63, 3.8) is 0 Å². The van der Waals surface area contributed by atoms with E-state index >= 15 is 0 Å². The number of hydrogen-bond donors (Lipinski definition) is 1. The summed E-state index contributed by atoms with van der Waals surface area (Å²) in [6, 6.07) is 15.5. The Morgan fingerprint density at radius 1 is 1.14 bits per heavy atom. The van der Waals surface area contributed by atoms with Crippen LogP contribution in [0.2, 0.25) is 0 Å². The molecule has 0 saturated heterocycles. The molecule has 0 spiro atoms. The van der Waals surface area contributed by atoms with E-state index < -0.39 is 6.10 Å². The van der Waals surface area contributed by atoms with Crippen LogP contribution >= 0.6 is 31.9 Å². The van der Waals surface area contributed by atoms with Crippen LogP contribution in [-0.2, 0) is 4.79 Å². The topological polar surface area (TPSA) is 38.3 Å². The summed E-state index contributed by atoms with van der Waals surface area (Å²) in [5.74, 6) is 0.548. The van der Waals surface area contributed by atoms with Crippen molar-refractivity contribution in [2.45, 2.75) is 25.0 Å². The minimum absolute atomic E-state index is 0.0940. The molecule has 1 saturated carbocycles. The summed E-state index contributed by atoms with van der Waals surface area (Å²) in [4.78, 5) is 12.5. The Hall–Kier alpha value is -1.33. The van der Waals surface area contributed by atoms with Crippen LogP contribution < -0.4 is 10.1 Å². The minimum Gasteiger partial charge on any atom is -0.475 e. The molecule has 0 aliphatic heterocycles. The highest BCUT2D eigenvalue weighted by Crippen LogP contribution is 2.32. The van der Waals surface area contributed by atoms with Crippen molar-refractivity contribution in [3.8, 4) is 5.75 Å². The van der Waals surface area contributed by atoms with Crippen molar-refractivity contribution in [2.24, 2.45) is 0 Å². The summed E-state index contributed by atoms with van der Waals surface area (Å²) in [6.07, 6.45) is 1.45. The number of rotatable bonds is 5. The number of carbonyl (C=O) groups excluding carboxylic acids is 1. The quantitative estimate of drug-likeness (QED) is 0.760. The molecular formula is C17H15Br2NO2. The highest BCUT2D eigenvalue weighted by Gasteiger charge is 2.30. The number of nitrogens with one attached hydrogen (secondary N) is 1. The van der Waals surface area contributed by atoms with E-state index in [9.17, 15) is 4.79 Å². The number of carbonyl (C=O) groups is 1. The lowest BCUT2D eigenvalue weighted by atomic mass is 10.1. The molecule has 5 heteroatoms. The Balaban J connectivity index is 1.85. The average molecular weight is 425 g/mol. The maximum atomic E-state index is 12.5. The lowest BCUT2D eigenvalue weighted by Crippen LogP contribution is -2.33. The molecule has 0 unspecified atom stereocenters. The number of amides is 1. The van der Waals surface area contributed by atoms with Crippen molar-refractivity contribution < 1.29 is 9.53 Å². The van der Waals surface area contributed by atoms with E-state index in [4.69, 9.17) is 4.74 Å². The molecule has 1 amide bonds. The molecule has 3 rings (SSSR count). The van der Waals surface area contributed by atoms with E-state index in [1.54, 1.807) is 0 Å². The van der Waals surface area contributed by atoms with Gasteiger partial charge in [0.2, 0.25) is 6.10 Å². The van der Waals surface area contributed by atoms with E-state index in [0.29, 0.717) is 11.8 Å². The van der Waals surface area contributed by atoms with Gasteiger partial charge in [0.25, 0.3) is 5.91 Å². The standard InChI is InChI=1S/C17H15Br2NO2/c18-12-6-9-15(14(19)10-12)22-16(11-4-2-1-3-5-11)17(21)20-13-7-8-13/h1-6,9-10,13,16H,7-8H2,(H,20,21)/t16-/m1/s1. The molecule has 2 aromatic rings. The van der Waals surface area contributed by atoms with Crippen molar-refractivity contribution in [1.82, 2.24) is 5.32 Å². The molecule has 0 bridgehead atoms. The van der Waals surface area contributed by atoms with Gasteiger partial charge in [-0.3, -0.25) is 4.79 Å². The molecule has 1 atom stereocenters. The summed E-state index contributed by atoms with van der Waals surface area (Å²) in [7, 11) is 0. The fourth-order valence-corrected chi connectivity index (χ4v) is 3.24. The molecule has 0 heterocycles. The molecule has 3 nitrogen and oxygen atoms in total. The van der Waals surface area contributed by atoms with Gasteiger partial charge >= 0.3 is 0 Å². The van der Waals surface area contributed by atoms with Gasteiger partial charge in [0.05, 0.1) is 4.47 Å². The van der Waals surface area contributed by atoms with E-state index in [2.05, 4.69) is 37.2 Å². The van der Waals surface area contributed by atoms with E-state index in [0.717, 1.165) is 27.4 Å². The number of halogens is 2. The Morgan fingerprint density at radius 3 is 2.50 bits per heavy atom. The second-order valence-electron chi connectivity index (χ2n) is 5.27. The zero-order valence-electron chi connectivity index (χ0n) is 11.8. The highest BCUT2D eigenvalue weighted by atomic mass is 79.9. The van der Waals surface area contributed by atoms with Crippen LogP contribution in [0.25, 0.3) is 0 Å². The summed E-state index contributed by atoms with van der Waals surface area (Å²) >= 11 is 6.89. The normalized spacial score (nSPS) is 15.2. The van der Waals surface area contributed by atoms with Crippen LogP contribution in [0.1, 0.15) is 24.5 Å². The van der Waals surface area contributed by atoms with Crippen LogP contribution in [0.3, 0.4) is 0 Å². The first kappa shape index (κ1) is 15.6. The predicted molar refractivity (Wildman–Crippen MR) is 92.8 cm³/mol. The molecule has 1 N–H and O–H groups in total. The average Bonchev–Trinajstić information content (AvgIpc) is 3.31. The molecule has 1 aliphatic rings. The maximum Gasteiger partial charge on any atom is 0.266 e. The Labute approximate surface area is 146 Å². The summed E-state index contributed by atoms with van der Waals surface area (Å²) in [5.41, 5.74) is 0.843. The number of benzene rings is 2. The van der Waals surface area contributed by atoms with Crippen molar-refractivity contribution in [3.05, 3.63) is 63.0 Å². The highest BCUT2D eigenvalue weighted by molar-refractivity contribution is 9.11. The second kappa shape index (κ2) is 6.84. The fourth-order valence-electron chi connectivity index (χ4n) is 2.10. The molecule has 0 aromatic heterocycles. The zero-order valence-corrected chi connectivity index (χ0v) is 14.9. The van der Waals surface area contributed by atoms with E-state index in [1.807, 2.05) is 48.5 Å². The fraction of sp³-hybridized carbons (Fsp3) is 0.235. The first-order valence-corrected chi connectivity index (χ1v) is 8.69. The van der Waals surface area contributed by atoms with Gasteiger partial charge in [-0.1, -0.05) is 46.3 Å². The van der Waals surface area contributed by atoms with Gasteiger partial charge in [-0.2, -0.15) is 0 Å². The van der Waals surface area contributed by atoms with Crippen LogP contribution in [0, 0.1) is 0 Å². The molecule has 1 aliphatic carbocycles. The number of ether oxygens (including phenoxy) is 1. The molecule has 0 radical (unpaired) electrons. The monoisotopic (exact) mass is 423 g/mol. The van der Waals surface area contributed by atoms with Crippen LogP contribution in [0.5, 0.6) is 5.75 Å². The van der Waals surface area contributed by atoms with Gasteiger partial charge in [0.15, 0.2) is 0 Å². The third-order valence-corrected chi connectivity index (χ3v) is 4.52. The van der Waals surface area contributed by atoms with Crippen LogP contribution in [0.15, 0.2) is 57.5 Å². The minimum atomic E-state index is -0.653. The third kappa shape index (κ3) is 3.90. The first-order chi connectivity index (χ1) is 10.6. The maximum absolute atomic E-state index is 12.5. The lowest BCUT2D eigenvalue weighted by molar-refractivity contribution is -0.128. The predicted octanol–water partition coefficient (Wildman–Crippen LogP) is 4.61. The Morgan fingerprint density at radius 2 is 1.86 bits per heavy atom.